The van der Waals surface area contributed by atoms with Crippen molar-refractivity contribution in [3.05, 3.63) is 53.6 Å². The van der Waals surface area contributed by atoms with Crippen LogP contribution in [0.1, 0.15) is 24.0 Å². The van der Waals surface area contributed by atoms with Crippen LogP contribution in [0, 0.1) is 0 Å². The van der Waals surface area contributed by atoms with Crippen molar-refractivity contribution in [1.29, 1.82) is 0 Å². The van der Waals surface area contributed by atoms with Crippen LogP contribution in [0.3, 0.4) is 0 Å². The lowest BCUT2D eigenvalue weighted by molar-refractivity contribution is -0.144. The zero-order chi connectivity index (χ0) is 16.9. The van der Waals surface area contributed by atoms with E-state index in [9.17, 15) is 4.79 Å². The molecule has 0 bridgehead atoms. The van der Waals surface area contributed by atoms with Gasteiger partial charge in [0.2, 0.25) is 0 Å². The first-order chi connectivity index (χ1) is 11.7. The van der Waals surface area contributed by atoms with Crippen molar-refractivity contribution in [2.24, 2.45) is 0 Å². The predicted octanol–water partition coefficient (Wildman–Crippen LogP) is 3.59. The first-order valence-corrected chi connectivity index (χ1v) is 8.46. The summed E-state index contributed by atoms with van der Waals surface area (Å²) < 4.78 is 19.0. The maximum absolute atomic E-state index is 12.5. The monoisotopic (exact) mass is 342 g/mol. The first-order valence-electron chi connectivity index (χ1n) is 7.73. The fraction of sp³-hybridized carbons (Fsp3) is 0.278. The van der Waals surface area contributed by atoms with E-state index >= 15 is 0 Å². The summed E-state index contributed by atoms with van der Waals surface area (Å²) in [5.74, 6) is 0.153. The van der Waals surface area contributed by atoms with Crippen molar-refractivity contribution < 1.29 is 14.3 Å². The second-order valence-electron chi connectivity index (χ2n) is 5.37. The van der Waals surface area contributed by atoms with Crippen LogP contribution in [-0.2, 0) is 16.0 Å². The van der Waals surface area contributed by atoms with E-state index in [0.29, 0.717) is 13.0 Å². The Hall–Kier alpha value is -2.47. The molecule has 3 aromatic rings. The Bertz CT molecular complexity index is 847. The lowest BCUT2D eigenvalue weighted by Crippen LogP contribution is -2.18. The van der Waals surface area contributed by atoms with E-state index in [1.165, 1.54) is 11.7 Å². The van der Waals surface area contributed by atoms with Gasteiger partial charge >= 0.3 is 5.97 Å². The Morgan fingerprint density at radius 2 is 2.00 bits per heavy atom. The van der Waals surface area contributed by atoms with Gasteiger partial charge in [-0.1, -0.05) is 18.2 Å². The van der Waals surface area contributed by atoms with Crippen LogP contribution in [0.2, 0.25) is 0 Å². The molecule has 2 aromatic carbocycles. The van der Waals surface area contributed by atoms with Crippen LogP contribution in [0.4, 0.5) is 0 Å². The highest BCUT2D eigenvalue weighted by Crippen LogP contribution is 2.27. The highest BCUT2D eigenvalue weighted by molar-refractivity contribution is 7.00. The summed E-state index contributed by atoms with van der Waals surface area (Å²) in [4.78, 5) is 12.5. The van der Waals surface area contributed by atoms with Crippen molar-refractivity contribution in [3.8, 4) is 5.75 Å². The number of rotatable bonds is 6. The molecule has 3 rings (SSSR count). The molecule has 0 aliphatic heterocycles. The molecule has 124 valence electrons. The molecule has 0 saturated heterocycles. The Morgan fingerprint density at radius 1 is 1.17 bits per heavy atom. The van der Waals surface area contributed by atoms with E-state index in [2.05, 4.69) is 8.75 Å². The number of ether oxygens (including phenoxy) is 2. The van der Waals surface area contributed by atoms with Crippen LogP contribution in [0.15, 0.2) is 42.5 Å². The maximum atomic E-state index is 12.5. The first kappa shape index (κ1) is 16.4. The number of aromatic nitrogens is 2. The summed E-state index contributed by atoms with van der Waals surface area (Å²) >= 11 is 1.17. The Kier molecular flexibility index (Phi) is 5.05. The van der Waals surface area contributed by atoms with Crippen molar-refractivity contribution in [2.75, 3.05) is 13.7 Å². The zero-order valence-corrected chi connectivity index (χ0v) is 14.4. The second kappa shape index (κ2) is 7.40. The molecule has 0 amide bonds. The van der Waals surface area contributed by atoms with Gasteiger partial charge in [0.05, 0.1) is 31.4 Å². The zero-order valence-electron chi connectivity index (χ0n) is 13.6. The van der Waals surface area contributed by atoms with Gasteiger partial charge in [-0.15, -0.1) is 0 Å². The van der Waals surface area contributed by atoms with Crippen LogP contribution < -0.4 is 4.74 Å². The standard InChI is InChI=1S/C18H18N2O3S/c1-3-23-18(21)15(10-12-5-4-6-14(9-12)22-2)13-7-8-16-17(11-13)20-24-19-16/h4-9,11,15H,3,10H2,1-2H3. The highest BCUT2D eigenvalue weighted by atomic mass is 32.1. The fourth-order valence-electron chi connectivity index (χ4n) is 2.63. The molecule has 0 spiro atoms. The number of esters is 1. The average Bonchev–Trinajstić information content (AvgIpc) is 3.07. The molecule has 0 saturated carbocycles. The molecule has 1 heterocycles. The molecule has 1 unspecified atom stereocenters. The van der Waals surface area contributed by atoms with Gasteiger partial charge in [-0.3, -0.25) is 4.79 Å². The second-order valence-corrected chi connectivity index (χ2v) is 5.90. The number of carbonyl (C=O) groups excluding carboxylic acids is 1. The normalized spacial score (nSPS) is 12.1. The smallest absolute Gasteiger partial charge is 0.313 e. The molecule has 0 radical (unpaired) electrons. The molecule has 5 nitrogen and oxygen atoms in total. The number of benzene rings is 2. The van der Waals surface area contributed by atoms with E-state index in [1.54, 1.807) is 7.11 Å². The minimum Gasteiger partial charge on any atom is -0.497 e. The number of methoxy groups -OCH3 is 1. The largest absolute Gasteiger partial charge is 0.497 e. The molecule has 0 N–H and O–H groups in total. The molecule has 0 aliphatic carbocycles. The molecule has 1 aromatic heterocycles. The maximum Gasteiger partial charge on any atom is 0.313 e. The molecule has 24 heavy (non-hydrogen) atoms. The third-order valence-electron chi connectivity index (χ3n) is 3.83. The van der Waals surface area contributed by atoms with Crippen LogP contribution in [-0.4, -0.2) is 28.4 Å². The van der Waals surface area contributed by atoms with Gasteiger partial charge in [0, 0.05) is 0 Å². The lowest BCUT2D eigenvalue weighted by Gasteiger charge is -2.16. The Morgan fingerprint density at radius 3 is 2.79 bits per heavy atom. The Balaban J connectivity index is 1.94. The van der Waals surface area contributed by atoms with E-state index in [4.69, 9.17) is 9.47 Å². The summed E-state index contributed by atoms with van der Waals surface area (Å²) in [5.41, 5.74) is 3.55. The summed E-state index contributed by atoms with van der Waals surface area (Å²) in [7, 11) is 1.63. The van der Waals surface area contributed by atoms with Crippen LogP contribution >= 0.6 is 11.7 Å². The van der Waals surface area contributed by atoms with Crippen molar-refractivity contribution in [2.45, 2.75) is 19.3 Å². The van der Waals surface area contributed by atoms with Gasteiger partial charge < -0.3 is 9.47 Å². The highest BCUT2D eigenvalue weighted by Gasteiger charge is 2.23. The van der Waals surface area contributed by atoms with E-state index in [1.807, 2.05) is 49.4 Å². The average molecular weight is 342 g/mol. The topological polar surface area (TPSA) is 61.3 Å². The number of fused-ring (bicyclic) bond motifs is 1. The van der Waals surface area contributed by atoms with E-state index in [0.717, 1.165) is 27.9 Å². The van der Waals surface area contributed by atoms with Crippen molar-refractivity contribution in [3.63, 3.8) is 0 Å². The predicted molar refractivity (Wildman–Crippen MR) is 93.5 cm³/mol. The molecule has 6 heteroatoms. The van der Waals surface area contributed by atoms with Gasteiger partial charge in [0.25, 0.3) is 0 Å². The van der Waals surface area contributed by atoms with Gasteiger partial charge in [0.15, 0.2) is 0 Å². The Labute approximate surface area is 144 Å². The molecule has 1 atom stereocenters. The van der Waals surface area contributed by atoms with E-state index < -0.39 is 0 Å². The van der Waals surface area contributed by atoms with Gasteiger partial charge in [0.1, 0.15) is 16.8 Å². The fourth-order valence-corrected chi connectivity index (χ4v) is 3.15. The number of nitrogens with zero attached hydrogens (tertiary/aromatic N) is 2. The lowest BCUT2D eigenvalue weighted by atomic mass is 9.91. The number of hydrogen-bond donors (Lipinski definition) is 0. The quantitative estimate of drug-likeness (QED) is 0.641. The SMILES string of the molecule is CCOC(=O)C(Cc1cccc(OC)c1)c1ccc2nsnc2c1. The molecule has 0 fully saturated rings. The molecular weight excluding hydrogens is 324 g/mol. The minimum atomic E-state index is -0.386. The van der Waals surface area contributed by atoms with Gasteiger partial charge in [-0.05, 0) is 48.7 Å². The summed E-state index contributed by atoms with van der Waals surface area (Å²) in [6, 6.07) is 13.5. The molecular formula is C18H18N2O3S. The third-order valence-corrected chi connectivity index (χ3v) is 4.38. The van der Waals surface area contributed by atoms with Gasteiger partial charge in [-0.2, -0.15) is 8.75 Å². The van der Waals surface area contributed by atoms with Crippen molar-refractivity contribution >= 4 is 28.7 Å². The van der Waals surface area contributed by atoms with Gasteiger partial charge in [-0.25, -0.2) is 0 Å². The summed E-state index contributed by atoms with van der Waals surface area (Å²) in [5, 5.41) is 0. The summed E-state index contributed by atoms with van der Waals surface area (Å²) in [6.45, 7) is 2.17. The molecule has 0 aliphatic rings. The van der Waals surface area contributed by atoms with Crippen LogP contribution in [0.5, 0.6) is 5.75 Å². The third kappa shape index (κ3) is 3.54. The summed E-state index contributed by atoms with van der Waals surface area (Å²) in [6.07, 6.45) is 0.541. The number of carbonyl (C=O) groups is 1. The van der Waals surface area contributed by atoms with E-state index in [-0.39, 0.29) is 11.9 Å². The van der Waals surface area contributed by atoms with Crippen molar-refractivity contribution in [1.82, 2.24) is 8.75 Å². The number of hydrogen-bond acceptors (Lipinski definition) is 6. The van der Waals surface area contributed by atoms with Crippen LogP contribution in [0.25, 0.3) is 11.0 Å². The minimum absolute atomic E-state index is 0.233.